The Morgan fingerprint density at radius 3 is 2.68 bits per heavy atom. The Kier molecular flexibility index (Phi) is 8.13. The van der Waals surface area contributed by atoms with Gasteiger partial charge in [-0.15, -0.1) is 11.3 Å². The summed E-state index contributed by atoms with van der Waals surface area (Å²) in [5.41, 5.74) is 1.74. The number of aromatic hydroxyl groups is 1. The molecule has 0 saturated heterocycles. The number of phenolic OH excluding ortho intramolecular Hbond substituents is 1. The smallest absolute Gasteiger partial charge is 0.266 e. The number of anilines is 1. The number of aryl methyl sites for hydroxylation is 1. The molecule has 0 atom stereocenters. The summed E-state index contributed by atoms with van der Waals surface area (Å²) in [5, 5.41) is 27.9. The highest BCUT2D eigenvalue weighted by Gasteiger charge is 2.20. The number of hydrogen-bond acceptors (Lipinski definition) is 7. The minimum absolute atomic E-state index is 0.0310. The molecule has 0 aliphatic rings. The first-order valence-electron chi connectivity index (χ1n) is 12.6. The van der Waals surface area contributed by atoms with Crippen LogP contribution in [0, 0.1) is 17.1 Å². The Balaban J connectivity index is 1.49. The van der Waals surface area contributed by atoms with Gasteiger partial charge in [-0.1, -0.05) is 18.2 Å². The van der Waals surface area contributed by atoms with Gasteiger partial charge in [0, 0.05) is 48.2 Å². The van der Waals surface area contributed by atoms with Crippen LogP contribution in [0.1, 0.15) is 32.0 Å². The largest absolute Gasteiger partial charge is 0.507 e. The molecule has 3 heterocycles. The van der Waals surface area contributed by atoms with E-state index in [1.165, 1.54) is 23.5 Å². The number of nitrogens with zero attached hydrogens (tertiary/aromatic N) is 4. The second-order valence-electron chi connectivity index (χ2n) is 8.97. The third-order valence-corrected chi connectivity index (χ3v) is 7.09. The van der Waals surface area contributed by atoms with Crippen molar-refractivity contribution in [3.8, 4) is 34.2 Å². The molecule has 0 bridgehead atoms. The predicted molar refractivity (Wildman–Crippen MR) is 153 cm³/mol. The van der Waals surface area contributed by atoms with Gasteiger partial charge in [0.1, 0.15) is 23.2 Å². The van der Waals surface area contributed by atoms with Crippen molar-refractivity contribution in [2.75, 3.05) is 11.9 Å². The lowest BCUT2D eigenvalue weighted by atomic mass is 9.96. The zero-order chi connectivity index (χ0) is 28.8. The number of carbonyl (C=O) groups excluding carboxylic acids is 2. The van der Waals surface area contributed by atoms with Gasteiger partial charge in [-0.05, 0) is 53.8 Å². The molecule has 3 N–H and O–H groups in total. The van der Waals surface area contributed by atoms with Crippen molar-refractivity contribution < 1.29 is 19.1 Å². The van der Waals surface area contributed by atoms with Crippen LogP contribution in [-0.4, -0.2) is 38.0 Å². The van der Waals surface area contributed by atoms with Crippen LogP contribution >= 0.6 is 11.3 Å². The number of thiophene rings is 1. The normalized spacial score (nSPS) is 10.6. The van der Waals surface area contributed by atoms with Gasteiger partial charge in [-0.3, -0.25) is 9.59 Å². The maximum absolute atomic E-state index is 13.7. The number of phenols is 1. The van der Waals surface area contributed by atoms with Gasteiger partial charge < -0.3 is 20.3 Å². The van der Waals surface area contributed by atoms with Crippen molar-refractivity contribution in [3.05, 3.63) is 107 Å². The fourth-order valence-corrected chi connectivity index (χ4v) is 4.84. The summed E-state index contributed by atoms with van der Waals surface area (Å²) in [7, 11) is 0. The minimum atomic E-state index is -0.630. The van der Waals surface area contributed by atoms with Crippen molar-refractivity contribution in [1.82, 2.24) is 19.9 Å². The lowest BCUT2D eigenvalue weighted by molar-refractivity contribution is 0.0952. The molecule has 11 heteroatoms. The number of hydrogen-bond donors (Lipinski definition) is 3. The average molecular weight is 567 g/mol. The van der Waals surface area contributed by atoms with Crippen molar-refractivity contribution in [1.29, 1.82) is 5.26 Å². The van der Waals surface area contributed by atoms with Crippen molar-refractivity contribution in [3.63, 3.8) is 0 Å². The maximum Gasteiger partial charge on any atom is 0.266 e. The highest BCUT2D eigenvalue weighted by molar-refractivity contribution is 7.12. The Morgan fingerprint density at radius 2 is 1.95 bits per heavy atom. The van der Waals surface area contributed by atoms with Gasteiger partial charge in [0.15, 0.2) is 5.82 Å². The Labute approximate surface area is 238 Å². The molecular formula is C30H23FN6O3S. The van der Waals surface area contributed by atoms with E-state index in [0.717, 1.165) is 6.07 Å². The van der Waals surface area contributed by atoms with Crippen LogP contribution in [0.25, 0.3) is 22.4 Å². The molecular weight excluding hydrogens is 543 g/mol. The number of carbonyl (C=O) groups is 2. The molecule has 9 nitrogen and oxygen atoms in total. The molecule has 0 radical (unpaired) electrons. The molecule has 41 heavy (non-hydrogen) atoms. The van der Waals surface area contributed by atoms with E-state index in [0.29, 0.717) is 41.1 Å². The fourth-order valence-electron chi connectivity index (χ4n) is 4.23. The first kappa shape index (κ1) is 27.2. The van der Waals surface area contributed by atoms with Crippen LogP contribution in [0.4, 0.5) is 10.2 Å². The molecule has 0 fully saturated rings. The fraction of sp³-hybridized carbons (Fsp3) is 0.100. The van der Waals surface area contributed by atoms with E-state index in [1.54, 1.807) is 60.4 Å². The van der Waals surface area contributed by atoms with Crippen LogP contribution in [0.2, 0.25) is 0 Å². The molecule has 0 spiro atoms. The molecule has 5 rings (SSSR count). The number of halogens is 1. The van der Waals surface area contributed by atoms with Crippen LogP contribution in [0.5, 0.6) is 5.75 Å². The number of benzene rings is 2. The highest BCUT2D eigenvalue weighted by atomic mass is 32.1. The molecule has 0 saturated carbocycles. The van der Waals surface area contributed by atoms with Gasteiger partial charge in [0.05, 0.1) is 16.9 Å². The summed E-state index contributed by atoms with van der Waals surface area (Å²) in [6.07, 6.45) is 5.97. The molecule has 2 amide bonds. The van der Waals surface area contributed by atoms with Crippen LogP contribution in [0.3, 0.4) is 0 Å². The average Bonchev–Trinajstić information content (AvgIpc) is 3.70. The Hall–Kier alpha value is -5.34. The molecule has 0 aliphatic carbocycles. The Bertz CT molecular complexity index is 1750. The van der Waals surface area contributed by atoms with Crippen molar-refractivity contribution >= 4 is 29.0 Å². The number of nitriles is 1. The third kappa shape index (κ3) is 6.29. The summed E-state index contributed by atoms with van der Waals surface area (Å²) in [5.74, 6) is -1.76. The second-order valence-corrected chi connectivity index (χ2v) is 9.92. The number of aromatic nitrogens is 3. The number of amides is 2. The standard InChI is InChI=1S/C30H23FN6O3S/c31-21-7-8-22(26(38)15-21)25-16-23(24(17-32)28(35-25)36-30(40)27-6-2-13-41-27)19-4-1-5-20(14-19)29(39)34-9-3-11-37-12-10-33-18-37/h1-2,4-8,10,12-16,18,38H,3,9,11H2,(H,34,39)(H,35,36,40). The summed E-state index contributed by atoms with van der Waals surface area (Å²) in [6.45, 7) is 1.16. The van der Waals surface area contributed by atoms with E-state index in [4.69, 9.17) is 0 Å². The number of nitrogens with one attached hydrogen (secondary N) is 2. The van der Waals surface area contributed by atoms with Crippen LogP contribution in [0.15, 0.2) is 84.8 Å². The monoisotopic (exact) mass is 566 g/mol. The molecule has 0 aliphatic heterocycles. The summed E-state index contributed by atoms with van der Waals surface area (Å²) in [6, 6.07) is 17.3. The van der Waals surface area contributed by atoms with Gasteiger partial charge in [0.25, 0.3) is 11.8 Å². The van der Waals surface area contributed by atoms with Crippen LogP contribution < -0.4 is 10.6 Å². The number of pyridine rings is 1. The zero-order valence-electron chi connectivity index (χ0n) is 21.5. The SMILES string of the molecule is N#Cc1c(-c2cccc(C(=O)NCCCn3ccnc3)c2)cc(-c2ccc(F)cc2O)nc1NC(=O)c1cccs1. The minimum Gasteiger partial charge on any atom is -0.507 e. The first-order valence-corrected chi connectivity index (χ1v) is 13.4. The van der Waals surface area contributed by atoms with E-state index in [2.05, 4.69) is 26.7 Å². The highest BCUT2D eigenvalue weighted by Crippen LogP contribution is 2.36. The Morgan fingerprint density at radius 1 is 1.07 bits per heavy atom. The van der Waals surface area contributed by atoms with Gasteiger partial charge in [-0.25, -0.2) is 14.4 Å². The third-order valence-electron chi connectivity index (χ3n) is 6.22. The second kappa shape index (κ2) is 12.2. The molecule has 3 aromatic heterocycles. The lowest BCUT2D eigenvalue weighted by Gasteiger charge is -2.15. The van der Waals surface area contributed by atoms with E-state index in [-0.39, 0.29) is 34.3 Å². The zero-order valence-corrected chi connectivity index (χ0v) is 22.4. The molecule has 204 valence electrons. The summed E-state index contributed by atoms with van der Waals surface area (Å²) < 4.78 is 15.6. The lowest BCUT2D eigenvalue weighted by Crippen LogP contribution is -2.25. The molecule has 0 unspecified atom stereocenters. The van der Waals surface area contributed by atoms with Gasteiger partial charge in [0.2, 0.25) is 0 Å². The van der Waals surface area contributed by atoms with Gasteiger partial charge in [-0.2, -0.15) is 5.26 Å². The van der Waals surface area contributed by atoms with Gasteiger partial charge >= 0.3 is 0 Å². The summed E-state index contributed by atoms with van der Waals surface area (Å²) in [4.78, 5) is 34.7. The maximum atomic E-state index is 13.7. The number of rotatable bonds is 9. The topological polar surface area (TPSA) is 133 Å². The number of imidazole rings is 1. The van der Waals surface area contributed by atoms with Crippen molar-refractivity contribution in [2.24, 2.45) is 0 Å². The van der Waals surface area contributed by atoms with Crippen molar-refractivity contribution in [2.45, 2.75) is 13.0 Å². The van der Waals surface area contributed by atoms with E-state index >= 15 is 0 Å². The van der Waals surface area contributed by atoms with E-state index < -0.39 is 11.7 Å². The van der Waals surface area contributed by atoms with E-state index in [1.807, 2.05) is 10.8 Å². The predicted octanol–water partition coefficient (Wildman–Crippen LogP) is 5.46. The molecule has 2 aromatic carbocycles. The quantitative estimate of drug-likeness (QED) is 0.203. The van der Waals surface area contributed by atoms with Crippen LogP contribution in [-0.2, 0) is 6.54 Å². The van der Waals surface area contributed by atoms with E-state index in [9.17, 15) is 24.3 Å². The molecule has 5 aromatic rings. The summed E-state index contributed by atoms with van der Waals surface area (Å²) >= 11 is 1.23. The first-order chi connectivity index (χ1) is 19.9.